The Hall–Kier alpha value is -0.690. The maximum atomic E-state index is 11.1. The third-order valence-electron chi connectivity index (χ3n) is 5.26. The van der Waals surface area contributed by atoms with Crippen LogP contribution in [0.5, 0.6) is 0 Å². The fraction of sp³-hybridized carbons (Fsp3) is 0.962. The molecule has 0 heterocycles. The van der Waals surface area contributed by atoms with Crippen LogP contribution in [0, 0.1) is 0 Å². The highest BCUT2D eigenvalue weighted by atomic mass is 16.6. The monoisotopic (exact) mass is 460 g/mol. The number of ether oxygens (including phenoxy) is 5. The molecule has 0 unspecified atom stereocenters. The molecule has 0 spiro atoms. The van der Waals surface area contributed by atoms with Crippen LogP contribution in [0.3, 0.4) is 0 Å². The Morgan fingerprint density at radius 1 is 0.469 bits per heavy atom. The first-order valence-corrected chi connectivity index (χ1v) is 13.3. The van der Waals surface area contributed by atoms with Crippen molar-refractivity contribution in [2.24, 2.45) is 0 Å². The SMILES string of the molecule is CCCCCCCCCCCCCCCOCCOCCOCCOCCC(=O)OCC. The molecule has 0 aliphatic rings. The first kappa shape index (κ1) is 31.3. The van der Waals surface area contributed by atoms with Crippen molar-refractivity contribution in [2.45, 2.75) is 104 Å². The van der Waals surface area contributed by atoms with Crippen LogP contribution in [0.4, 0.5) is 0 Å². The number of esters is 1. The van der Waals surface area contributed by atoms with Gasteiger partial charge in [0.15, 0.2) is 0 Å². The van der Waals surface area contributed by atoms with E-state index in [-0.39, 0.29) is 12.4 Å². The quantitative estimate of drug-likeness (QED) is 0.109. The molecule has 0 amide bonds. The molecule has 0 fully saturated rings. The van der Waals surface area contributed by atoms with Gasteiger partial charge in [-0.15, -0.1) is 0 Å². The van der Waals surface area contributed by atoms with E-state index >= 15 is 0 Å². The molecule has 192 valence electrons. The summed E-state index contributed by atoms with van der Waals surface area (Å²) in [5.74, 6) is -0.224. The van der Waals surface area contributed by atoms with E-state index in [0.29, 0.717) is 52.9 Å². The summed E-state index contributed by atoms with van der Waals surface area (Å²) in [5, 5.41) is 0. The number of hydrogen-bond donors (Lipinski definition) is 0. The molecule has 0 aliphatic carbocycles. The smallest absolute Gasteiger partial charge is 0.308 e. The van der Waals surface area contributed by atoms with Crippen LogP contribution < -0.4 is 0 Å². The average Bonchev–Trinajstić information content (AvgIpc) is 2.79. The van der Waals surface area contributed by atoms with Crippen LogP contribution >= 0.6 is 0 Å². The Morgan fingerprint density at radius 2 is 0.844 bits per heavy atom. The summed E-state index contributed by atoms with van der Waals surface area (Å²) in [5.41, 5.74) is 0. The van der Waals surface area contributed by atoms with Gasteiger partial charge in [0.05, 0.1) is 59.3 Å². The predicted molar refractivity (Wildman–Crippen MR) is 130 cm³/mol. The van der Waals surface area contributed by atoms with Crippen molar-refractivity contribution in [1.29, 1.82) is 0 Å². The molecule has 0 rings (SSSR count). The minimum absolute atomic E-state index is 0.224. The third-order valence-corrected chi connectivity index (χ3v) is 5.26. The lowest BCUT2D eigenvalue weighted by Gasteiger charge is -2.07. The van der Waals surface area contributed by atoms with Crippen molar-refractivity contribution in [3.63, 3.8) is 0 Å². The minimum Gasteiger partial charge on any atom is -0.466 e. The number of carbonyl (C=O) groups excluding carboxylic acids is 1. The van der Waals surface area contributed by atoms with Gasteiger partial charge in [-0.25, -0.2) is 0 Å². The number of hydrogen-bond acceptors (Lipinski definition) is 6. The minimum atomic E-state index is -0.224. The van der Waals surface area contributed by atoms with Crippen LogP contribution in [-0.2, 0) is 28.5 Å². The first-order chi connectivity index (χ1) is 15.8. The molecular formula is C26H52O6. The van der Waals surface area contributed by atoms with Crippen molar-refractivity contribution < 1.29 is 28.5 Å². The zero-order valence-electron chi connectivity index (χ0n) is 21.2. The average molecular weight is 461 g/mol. The van der Waals surface area contributed by atoms with Gasteiger partial charge in [0.2, 0.25) is 0 Å². The van der Waals surface area contributed by atoms with E-state index in [4.69, 9.17) is 23.7 Å². The zero-order valence-corrected chi connectivity index (χ0v) is 21.2. The Labute approximate surface area is 198 Å². The highest BCUT2D eigenvalue weighted by molar-refractivity contribution is 5.69. The van der Waals surface area contributed by atoms with Crippen molar-refractivity contribution in [3.8, 4) is 0 Å². The molecule has 0 aliphatic heterocycles. The Bertz CT molecular complexity index is 364. The number of unbranched alkanes of at least 4 members (excludes halogenated alkanes) is 12. The van der Waals surface area contributed by atoms with Crippen molar-refractivity contribution >= 4 is 5.97 Å². The summed E-state index contributed by atoms with van der Waals surface area (Å²) >= 11 is 0. The second kappa shape index (κ2) is 28.3. The van der Waals surface area contributed by atoms with Gasteiger partial charge in [-0.1, -0.05) is 84.0 Å². The second-order valence-corrected chi connectivity index (χ2v) is 8.25. The van der Waals surface area contributed by atoms with Gasteiger partial charge in [0.25, 0.3) is 0 Å². The van der Waals surface area contributed by atoms with Crippen LogP contribution in [-0.4, -0.2) is 65.4 Å². The summed E-state index contributed by atoms with van der Waals surface area (Å²) in [6.07, 6.45) is 18.1. The predicted octanol–water partition coefficient (Wildman–Crippen LogP) is 6.10. The molecular weight excluding hydrogens is 408 g/mol. The van der Waals surface area contributed by atoms with Gasteiger partial charge in [0, 0.05) is 6.61 Å². The zero-order chi connectivity index (χ0) is 23.4. The fourth-order valence-corrected chi connectivity index (χ4v) is 3.37. The fourth-order valence-electron chi connectivity index (χ4n) is 3.37. The van der Waals surface area contributed by atoms with Gasteiger partial charge in [0.1, 0.15) is 0 Å². The normalized spacial score (nSPS) is 11.2. The van der Waals surface area contributed by atoms with E-state index in [1.807, 2.05) is 0 Å². The summed E-state index contributed by atoms with van der Waals surface area (Å²) in [6, 6.07) is 0. The second-order valence-electron chi connectivity index (χ2n) is 8.25. The third kappa shape index (κ3) is 27.3. The maximum absolute atomic E-state index is 11.1. The highest BCUT2D eigenvalue weighted by Gasteiger charge is 2.00. The highest BCUT2D eigenvalue weighted by Crippen LogP contribution is 2.12. The van der Waals surface area contributed by atoms with E-state index in [1.54, 1.807) is 6.92 Å². The van der Waals surface area contributed by atoms with Gasteiger partial charge >= 0.3 is 5.97 Å². The van der Waals surface area contributed by atoms with Gasteiger partial charge in [-0.3, -0.25) is 4.79 Å². The molecule has 0 saturated heterocycles. The number of rotatable bonds is 27. The molecule has 0 saturated carbocycles. The topological polar surface area (TPSA) is 63.2 Å². The van der Waals surface area contributed by atoms with Gasteiger partial charge < -0.3 is 23.7 Å². The molecule has 0 aromatic rings. The lowest BCUT2D eigenvalue weighted by atomic mass is 10.0. The lowest BCUT2D eigenvalue weighted by molar-refractivity contribution is -0.144. The molecule has 0 aromatic carbocycles. The van der Waals surface area contributed by atoms with Crippen LogP contribution in [0.2, 0.25) is 0 Å². The molecule has 6 nitrogen and oxygen atoms in total. The van der Waals surface area contributed by atoms with Crippen molar-refractivity contribution in [1.82, 2.24) is 0 Å². The van der Waals surface area contributed by atoms with E-state index in [9.17, 15) is 4.79 Å². The van der Waals surface area contributed by atoms with Gasteiger partial charge in [-0.05, 0) is 13.3 Å². The Balaban J connectivity index is 3.03. The van der Waals surface area contributed by atoms with E-state index in [1.165, 1.54) is 77.0 Å². The van der Waals surface area contributed by atoms with Crippen LogP contribution in [0.15, 0.2) is 0 Å². The van der Waals surface area contributed by atoms with E-state index < -0.39 is 0 Å². The summed E-state index contributed by atoms with van der Waals surface area (Å²) in [4.78, 5) is 11.1. The van der Waals surface area contributed by atoms with Crippen LogP contribution in [0.1, 0.15) is 104 Å². The lowest BCUT2D eigenvalue weighted by Crippen LogP contribution is -2.13. The molecule has 6 heteroatoms. The maximum Gasteiger partial charge on any atom is 0.308 e. The summed E-state index contributed by atoms with van der Waals surface area (Å²) < 4.78 is 26.6. The van der Waals surface area contributed by atoms with E-state index in [2.05, 4.69) is 6.92 Å². The van der Waals surface area contributed by atoms with E-state index in [0.717, 1.165) is 13.0 Å². The largest absolute Gasteiger partial charge is 0.466 e. The summed E-state index contributed by atoms with van der Waals surface area (Å²) in [6.45, 7) is 9.02. The van der Waals surface area contributed by atoms with Crippen LogP contribution in [0.25, 0.3) is 0 Å². The molecule has 0 bridgehead atoms. The first-order valence-electron chi connectivity index (χ1n) is 13.3. The Kier molecular flexibility index (Phi) is 27.7. The van der Waals surface area contributed by atoms with Gasteiger partial charge in [-0.2, -0.15) is 0 Å². The van der Waals surface area contributed by atoms with Crippen molar-refractivity contribution in [3.05, 3.63) is 0 Å². The molecule has 0 radical (unpaired) electrons. The van der Waals surface area contributed by atoms with Crippen molar-refractivity contribution in [2.75, 3.05) is 59.5 Å². The summed E-state index contributed by atoms with van der Waals surface area (Å²) in [7, 11) is 0. The molecule has 0 atom stereocenters. The molecule has 32 heavy (non-hydrogen) atoms. The Morgan fingerprint density at radius 3 is 1.28 bits per heavy atom. The standard InChI is InChI=1S/C26H52O6/c1-3-5-6-7-8-9-10-11-12-13-14-15-16-18-28-20-22-30-24-25-31-23-21-29-19-17-26(27)32-4-2/h3-25H2,1-2H3. The molecule has 0 N–H and O–H groups in total. The number of carbonyl (C=O) groups is 1. The molecule has 0 aromatic heterocycles.